The molecular weight excluding hydrogens is 447 g/mol. The number of nitrogens with zero attached hydrogens (tertiary/aromatic N) is 2. The van der Waals surface area contributed by atoms with Gasteiger partial charge in [-0.3, -0.25) is 9.69 Å². The highest BCUT2D eigenvalue weighted by Crippen LogP contribution is 2.40. The maximum absolute atomic E-state index is 13.2. The van der Waals surface area contributed by atoms with Gasteiger partial charge in [0.2, 0.25) is 5.91 Å². The number of benzene rings is 2. The summed E-state index contributed by atoms with van der Waals surface area (Å²) in [5, 5.41) is 1.76. The summed E-state index contributed by atoms with van der Waals surface area (Å²) in [4.78, 5) is 17.4. The van der Waals surface area contributed by atoms with Gasteiger partial charge in [-0.15, -0.1) is 11.8 Å². The van der Waals surface area contributed by atoms with E-state index in [9.17, 15) is 4.79 Å². The van der Waals surface area contributed by atoms with Crippen molar-refractivity contribution >= 4 is 52.5 Å². The van der Waals surface area contributed by atoms with E-state index in [1.165, 1.54) is 0 Å². The van der Waals surface area contributed by atoms with Gasteiger partial charge in [-0.1, -0.05) is 72.9 Å². The molecule has 1 atom stereocenters. The van der Waals surface area contributed by atoms with Crippen LogP contribution in [0.15, 0.2) is 42.5 Å². The van der Waals surface area contributed by atoms with Gasteiger partial charge in [0.15, 0.2) is 0 Å². The van der Waals surface area contributed by atoms with E-state index < -0.39 is 0 Å². The predicted octanol–water partition coefficient (Wildman–Crippen LogP) is 6.38. The number of carbonyl (C=O) groups excluding carboxylic acids is 1. The third kappa shape index (κ3) is 6.05. The summed E-state index contributed by atoms with van der Waals surface area (Å²) >= 11 is 20.4. The summed E-state index contributed by atoms with van der Waals surface area (Å²) in [7, 11) is 0. The van der Waals surface area contributed by atoms with Crippen molar-refractivity contribution in [1.82, 2.24) is 9.80 Å². The van der Waals surface area contributed by atoms with Crippen molar-refractivity contribution in [3.8, 4) is 0 Å². The van der Waals surface area contributed by atoms with Gasteiger partial charge in [-0.2, -0.15) is 0 Å². The Kier molecular flexibility index (Phi) is 8.17. The number of rotatable bonds is 7. The Hall–Kier alpha value is -0.910. The minimum absolute atomic E-state index is 0.0259. The molecular formula is C22H25Cl3N2OS. The van der Waals surface area contributed by atoms with Gasteiger partial charge in [0.1, 0.15) is 5.37 Å². The second-order valence-corrected chi connectivity index (χ2v) is 10.1. The van der Waals surface area contributed by atoms with Crippen molar-refractivity contribution in [3.05, 3.63) is 68.7 Å². The van der Waals surface area contributed by atoms with Crippen molar-refractivity contribution in [2.24, 2.45) is 5.92 Å². The van der Waals surface area contributed by atoms with E-state index >= 15 is 0 Å². The number of halogens is 3. The van der Waals surface area contributed by atoms with Crippen molar-refractivity contribution in [1.29, 1.82) is 0 Å². The number of hydrogen-bond acceptors (Lipinski definition) is 3. The number of hydrogen-bond donors (Lipinski definition) is 0. The van der Waals surface area contributed by atoms with E-state index in [-0.39, 0.29) is 11.3 Å². The van der Waals surface area contributed by atoms with Gasteiger partial charge >= 0.3 is 0 Å². The molecule has 0 radical (unpaired) electrons. The molecule has 1 fully saturated rings. The molecule has 2 aromatic rings. The molecule has 1 unspecified atom stereocenters. The summed E-state index contributed by atoms with van der Waals surface area (Å²) in [6.07, 6.45) is 0. The zero-order valence-electron chi connectivity index (χ0n) is 16.6. The average molecular weight is 472 g/mol. The van der Waals surface area contributed by atoms with Crippen LogP contribution in [-0.2, 0) is 11.3 Å². The van der Waals surface area contributed by atoms with Crippen LogP contribution in [0.2, 0.25) is 15.1 Å². The molecule has 3 nitrogen and oxygen atoms in total. The van der Waals surface area contributed by atoms with E-state index in [0.29, 0.717) is 34.1 Å². The maximum Gasteiger partial charge on any atom is 0.237 e. The monoisotopic (exact) mass is 470 g/mol. The molecule has 1 aliphatic rings. The Labute approximate surface area is 192 Å². The lowest BCUT2D eigenvalue weighted by Crippen LogP contribution is -2.41. The number of amides is 1. The summed E-state index contributed by atoms with van der Waals surface area (Å²) in [5.74, 6) is 1.48. The van der Waals surface area contributed by atoms with E-state index in [0.717, 1.165) is 30.0 Å². The molecule has 3 rings (SSSR count). The molecule has 1 aliphatic heterocycles. The molecule has 156 valence electrons. The summed E-state index contributed by atoms with van der Waals surface area (Å²) in [6, 6.07) is 13.4. The summed E-state index contributed by atoms with van der Waals surface area (Å²) < 4.78 is 0. The van der Waals surface area contributed by atoms with Crippen molar-refractivity contribution in [2.75, 3.05) is 25.4 Å². The minimum atomic E-state index is -0.0259. The van der Waals surface area contributed by atoms with E-state index in [1.54, 1.807) is 17.8 Å². The van der Waals surface area contributed by atoms with Crippen LogP contribution >= 0.6 is 46.6 Å². The first-order valence-corrected chi connectivity index (χ1v) is 11.8. The normalized spacial score (nSPS) is 16.8. The fourth-order valence-corrected chi connectivity index (χ4v) is 5.48. The van der Waals surface area contributed by atoms with Crippen LogP contribution in [-0.4, -0.2) is 41.1 Å². The first-order valence-electron chi connectivity index (χ1n) is 9.67. The summed E-state index contributed by atoms with van der Waals surface area (Å²) in [6.45, 7) is 6.89. The van der Waals surface area contributed by atoms with Crippen LogP contribution < -0.4 is 0 Å². The largest absolute Gasteiger partial charge is 0.325 e. The predicted molar refractivity (Wildman–Crippen MR) is 125 cm³/mol. The SMILES string of the molecule is CC(C)CN(CC(=O)N1CCSC1c1ccccc1Cl)Cc1ccc(Cl)c(Cl)c1. The first kappa shape index (κ1) is 22.8. The Morgan fingerprint density at radius 3 is 2.59 bits per heavy atom. The van der Waals surface area contributed by atoms with Gasteiger partial charge in [-0.25, -0.2) is 0 Å². The fraction of sp³-hybridized carbons (Fsp3) is 0.409. The summed E-state index contributed by atoms with van der Waals surface area (Å²) in [5.41, 5.74) is 2.05. The standard InChI is InChI=1S/C22H25Cl3N2OS/c1-15(2)12-26(13-16-7-8-19(24)20(25)11-16)14-21(28)27-9-10-29-22(27)17-5-3-4-6-18(17)23/h3-8,11,15,22H,9-10,12-14H2,1-2H3. The topological polar surface area (TPSA) is 23.6 Å². The molecule has 1 saturated heterocycles. The van der Waals surface area contributed by atoms with Crippen molar-refractivity contribution < 1.29 is 4.79 Å². The van der Waals surface area contributed by atoms with Crippen LogP contribution in [0.3, 0.4) is 0 Å². The van der Waals surface area contributed by atoms with Gasteiger partial charge in [-0.05, 0) is 29.7 Å². The minimum Gasteiger partial charge on any atom is -0.325 e. The molecule has 29 heavy (non-hydrogen) atoms. The highest BCUT2D eigenvalue weighted by Gasteiger charge is 2.32. The fourth-order valence-electron chi connectivity index (χ4n) is 3.54. The molecule has 0 bridgehead atoms. The third-order valence-corrected chi connectivity index (χ3v) is 7.08. The van der Waals surface area contributed by atoms with Crippen LogP contribution in [0.5, 0.6) is 0 Å². The first-order chi connectivity index (χ1) is 13.8. The Balaban J connectivity index is 1.73. The van der Waals surface area contributed by atoms with Gasteiger partial charge < -0.3 is 4.90 Å². The number of thioether (sulfide) groups is 1. The van der Waals surface area contributed by atoms with Crippen LogP contribution in [0.4, 0.5) is 0 Å². The van der Waals surface area contributed by atoms with Crippen molar-refractivity contribution in [3.63, 3.8) is 0 Å². The van der Waals surface area contributed by atoms with E-state index in [1.807, 2.05) is 41.3 Å². The van der Waals surface area contributed by atoms with Gasteiger partial charge in [0, 0.05) is 36.0 Å². The number of carbonyl (C=O) groups is 1. The molecule has 2 aromatic carbocycles. The molecule has 0 spiro atoms. The van der Waals surface area contributed by atoms with Crippen LogP contribution in [0, 0.1) is 5.92 Å². The zero-order chi connectivity index (χ0) is 21.0. The van der Waals surface area contributed by atoms with Crippen molar-refractivity contribution in [2.45, 2.75) is 25.8 Å². The lowest BCUT2D eigenvalue weighted by molar-refractivity contribution is -0.132. The third-order valence-electron chi connectivity index (χ3n) is 4.76. The second-order valence-electron chi connectivity index (χ2n) is 7.64. The molecule has 1 amide bonds. The molecule has 7 heteroatoms. The molecule has 0 N–H and O–H groups in total. The molecule has 1 heterocycles. The molecule has 0 aliphatic carbocycles. The van der Waals surface area contributed by atoms with E-state index in [2.05, 4.69) is 18.7 Å². The molecule has 0 aromatic heterocycles. The van der Waals surface area contributed by atoms with Gasteiger partial charge in [0.25, 0.3) is 0 Å². The highest BCUT2D eigenvalue weighted by atomic mass is 35.5. The Morgan fingerprint density at radius 1 is 1.14 bits per heavy atom. The average Bonchev–Trinajstić information content (AvgIpc) is 3.14. The van der Waals surface area contributed by atoms with Gasteiger partial charge in [0.05, 0.1) is 16.6 Å². The highest BCUT2D eigenvalue weighted by molar-refractivity contribution is 7.99. The quantitative estimate of drug-likeness (QED) is 0.468. The smallest absolute Gasteiger partial charge is 0.237 e. The lowest BCUT2D eigenvalue weighted by Gasteiger charge is -2.29. The zero-order valence-corrected chi connectivity index (χ0v) is 19.7. The molecule has 0 saturated carbocycles. The van der Waals surface area contributed by atoms with Crippen LogP contribution in [0.1, 0.15) is 30.3 Å². The van der Waals surface area contributed by atoms with Crippen LogP contribution in [0.25, 0.3) is 0 Å². The van der Waals surface area contributed by atoms with E-state index in [4.69, 9.17) is 34.8 Å². The maximum atomic E-state index is 13.2. The lowest BCUT2D eigenvalue weighted by atomic mass is 10.1. The second kappa shape index (κ2) is 10.4. The Bertz CT molecular complexity index is 862. The Morgan fingerprint density at radius 2 is 1.90 bits per heavy atom.